The maximum absolute atomic E-state index is 11.8. The third-order valence-corrected chi connectivity index (χ3v) is 3.33. The lowest BCUT2D eigenvalue weighted by molar-refractivity contribution is -0.119. The molecule has 1 amide bonds. The molecule has 0 atom stereocenters. The van der Waals surface area contributed by atoms with E-state index in [-0.39, 0.29) is 17.9 Å². The third kappa shape index (κ3) is 3.99. The Morgan fingerprint density at radius 1 is 1.23 bits per heavy atom. The number of ether oxygens (including phenoxy) is 1. The van der Waals surface area contributed by atoms with Crippen molar-refractivity contribution in [1.82, 2.24) is 0 Å². The van der Waals surface area contributed by atoms with E-state index in [1.54, 1.807) is 6.07 Å². The number of hydrogen-bond donors (Lipinski definition) is 2. The number of rotatable bonds is 4. The van der Waals surface area contributed by atoms with Gasteiger partial charge in [-0.1, -0.05) is 29.8 Å². The van der Waals surface area contributed by atoms with Crippen molar-refractivity contribution in [2.75, 3.05) is 17.7 Å². The highest BCUT2D eigenvalue weighted by Crippen LogP contribution is 2.20. The Morgan fingerprint density at radius 3 is 2.64 bits per heavy atom. The lowest BCUT2D eigenvalue weighted by Crippen LogP contribution is -2.21. The zero-order chi connectivity index (χ0) is 16.1. The van der Waals surface area contributed by atoms with Crippen LogP contribution in [0.3, 0.4) is 0 Å². The fraction of sp³-hybridized carbons (Fsp3) is 0.125. The van der Waals surface area contributed by atoms with Crippen LogP contribution in [0.1, 0.15) is 15.9 Å². The highest BCUT2D eigenvalue weighted by atomic mass is 35.5. The molecule has 3 N–H and O–H groups in total. The van der Waals surface area contributed by atoms with Gasteiger partial charge in [-0.25, -0.2) is 4.79 Å². The molecule has 2 rings (SSSR count). The van der Waals surface area contributed by atoms with Crippen LogP contribution < -0.4 is 11.1 Å². The quantitative estimate of drug-likeness (QED) is 0.670. The smallest absolute Gasteiger partial charge is 0.338 e. The first-order valence-electron chi connectivity index (χ1n) is 6.55. The number of nitrogen functional groups attached to an aromatic ring is 1. The van der Waals surface area contributed by atoms with Crippen LogP contribution >= 0.6 is 11.6 Å². The van der Waals surface area contributed by atoms with Crippen LogP contribution in [-0.2, 0) is 9.53 Å². The monoisotopic (exact) mass is 318 g/mol. The Bertz CT molecular complexity index is 716. The molecule has 0 fully saturated rings. The van der Waals surface area contributed by atoms with Crippen molar-refractivity contribution in [2.45, 2.75) is 6.92 Å². The van der Waals surface area contributed by atoms with Gasteiger partial charge in [0, 0.05) is 5.69 Å². The molecule has 0 saturated carbocycles. The summed E-state index contributed by atoms with van der Waals surface area (Å²) < 4.78 is 4.95. The van der Waals surface area contributed by atoms with Crippen molar-refractivity contribution < 1.29 is 14.3 Å². The molecule has 0 aromatic heterocycles. The molecule has 0 saturated heterocycles. The summed E-state index contributed by atoms with van der Waals surface area (Å²) in [6.07, 6.45) is 0. The lowest BCUT2D eigenvalue weighted by Gasteiger charge is -2.09. The zero-order valence-corrected chi connectivity index (χ0v) is 12.7. The standard InChI is InChI=1S/C16H15ClN2O3/c1-10-4-2-3-5-14(10)19-15(20)9-22-16(21)11-6-7-12(17)13(18)8-11/h2-8H,9,18H2,1H3,(H,19,20). The summed E-state index contributed by atoms with van der Waals surface area (Å²) in [7, 11) is 0. The second-order valence-corrected chi connectivity index (χ2v) is 5.08. The van der Waals surface area contributed by atoms with Gasteiger partial charge in [0.15, 0.2) is 6.61 Å². The van der Waals surface area contributed by atoms with Crippen LogP contribution in [0, 0.1) is 6.92 Å². The number of anilines is 2. The molecular formula is C16H15ClN2O3. The molecule has 22 heavy (non-hydrogen) atoms. The molecule has 0 aliphatic rings. The molecular weight excluding hydrogens is 304 g/mol. The van der Waals surface area contributed by atoms with E-state index in [0.29, 0.717) is 10.7 Å². The summed E-state index contributed by atoms with van der Waals surface area (Å²) in [5.41, 5.74) is 7.74. The summed E-state index contributed by atoms with van der Waals surface area (Å²) in [6.45, 7) is 1.49. The first-order valence-corrected chi connectivity index (χ1v) is 6.93. The molecule has 0 spiro atoms. The molecule has 6 heteroatoms. The van der Waals surface area contributed by atoms with Crippen molar-refractivity contribution in [3.8, 4) is 0 Å². The predicted molar refractivity (Wildman–Crippen MR) is 86.0 cm³/mol. The maximum Gasteiger partial charge on any atom is 0.338 e. The van der Waals surface area contributed by atoms with E-state index in [0.717, 1.165) is 5.56 Å². The van der Waals surface area contributed by atoms with E-state index >= 15 is 0 Å². The molecule has 2 aromatic carbocycles. The van der Waals surface area contributed by atoms with E-state index in [4.69, 9.17) is 22.1 Å². The molecule has 0 bridgehead atoms. The Labute approximate surface area is 133 Å². The minimum Gasteiger partial charge on any atom is -0.452 e. The van der Waals surface area contributed by atoms with Gasteiger partial charge < -0.3 is 15.8 Å². The van der Waals surface area contributed by atoms with Crippen LogP contribution in [-0.4, -0.2) is 18.5 Å². The predicted octanol–water partition coefficient (Wildman–Crippen LogP) is 3.03. The minimum atomic E-state index is -0.636. The van der Waals surface area contributed by atoms with E-state index in [9.17, 15) is 9.59 Å². The summed E-state index contributed by atoms with van der Waals surface area (Å²) in [4.78, 5) is 23.6. The zero-order valence-electron chi connectivity index (χ0n) is 11.9. The Morgan fingerprint density at radius 2 is 1.95 bits per heavy atom. The molecule has 2 aromatic rings. The number of nitrogens with one attached hydrogen (secondary N) is 1. The summed E-state index contributed by atoms with van der Waals surface area (Å²) in [5, 5.41) is 3.03. The SMILES string of the molecule is Cc1ccccc1NC(=O)COC(=O)c1ccc(Cl)c(N)c1. The van der Waals surface area contributed by atoms with Crippen molar-refractivity contribution in [3.05, 3.63) is 58.6 Å². The number of benzene rings is 2. The third-order valence-electron chi connectivity index (χ3n) is 2.99. The van der Waals surface area contributed by atoms with Gasteiger partial charge in [-0.05, 0) is 36.8 Å². The number of aryl methyl sites for hydroxylation is 1. The van der Waals surface area contributed by atoms with E-state index in [1.807, 2.05) is 25.1 Å². The van der Waals surface area contributed by atoms with Crippen LogP contribution in [0.15, 0.2) is 42.5 Å². The van der Waals surface area contributed by atoms with Gasteiger partial charge in [-0.2, -0.15) is 0 Å². The van der Waals surface area contributed by atoms with Gasteiger partial charge in [0.05, 0.1) is 16.3 Å². The van der Waals surface area contributed by atoms with Gasteiger partial charge >= 0.3 is 5.97 Å². The van der Waals surface area contributed by atoms with Gasteiger partial charge in [-0.3, -0.25) is 4.79 Å². The number of hydrogen-bond acceptors (Lipinski definition) is 4. The second kappa shape index (κ2) is 6.95. The molecule has 0 heterocycles. The fourth-order valence-electron chi connectivity index (χ4n) is 1.78. The molecule has 0 aliphatic heterocycles. The van der Waals surface area contributed by atoms with Crippen LogP contribution in [0.25, 0.3) is 0 Å². The van der Waals surface area contributed by atoms with E-state index in [2.05, 4.69) is 5.32 Å². The molecule has 0 radical (unpaired) electrons. The molecule has 114 valence electrons. The van der Waals surface area contributed by atoms with Crippen LogP contribution in [0.4, 0.5) is 11.4 Å². The summed E-state index contributed by atoms with van der Waals surface area (Å²) in [6, 6.07) is 11.7. The Kier molecular flexibility index (Phi) is 5.01. The van der Waals surface area contributed by atoms with Gasteiger partial charge in [-0.15, -0.1) is 0 Å². The number of amides is 1. The van der Waals surface area contributed by atoms with Gasteiger partial charge in [0.1, 0.15) is 0 Å². The topological polar surface area (TPSA) is 81.4 Å². The number of halogens is 1. The largest absolute Gasteiger partial charge is 0.452 e. The highest BCUT2D eigenvalue weighted by Gasteiger charge is 2.12. The number of para-hydroxylation sites is 1. The Balaban J connectivity index is 1.92. The molecule has 5 nitrogen and oxygen atoms in total. The van der Waals surface area contributed by atoms with E-state index in [1.165, 1.54) is 18.2 Å². The van der Waals surface area contributed by atoms with Crippen molar-refractivity contribution in [3.63, 3.8) is 0 Å². The van der Waals surface area contributed by atoms with Gasteiger partial charge in [0.2, 0.25) is 0 Å². The summed E-state index contributed by atoms with van der Waals surface area (Å²) >= 11 is 5.78. The van der Waals surface area contributed by atoms with Crippen molar-refractivity contribution in [1.29, 1.82) is 0 Å². The highest BCUT2D eigenvalue weighted by molar-refractivity contribution is 6.33. The fourth-order valence-corrected chi connectivity index (χ4v) is 1.90. The van der Waals surface area contributed by atoms with Crippen LogP contribution in [0.2, 0.25) is 5.02 Å². The van der Waals surface area contributed by atoms with E-state index < -0.39 is 11.9 Å². The lowest BCUT2D eigenvalue weighted by atomic mass is 10.2. The first kappa shape index (κ1) is 15.9. The average molecular weight is 319 g/mol. The number of nitrogens with two attached hydrogens (primary N) is 1. The molecule has 0 aliphatic carbocycles. The van der Waals surface area contributed by atoms with Gasteiger partial charge in [0.25, 0.3) is 5.91 Å². The minimum absolute atomic E-state index is 0.241. The normalized spacial score (nSPS) is 10.1. The number of carbonyl (C=O) groups excluding carboxylic acids is 2. The number of esters is 1. The summed E-state index contributed by atoms with van der Waals surface area (Å²) in [5.74, 6) is -1.05. The average Bonchev–Trinajstić information content (AvgIpc) is 2.50. The maximum atomic E-state index is 11.8. The number of carbonyl (C=O) groups is 2. The molecule has 0 unspecified atom stereocenters. The van der Waals surface area contributed by atoms with Crippen molar-refractivity contribution in [2.24, 2.45) is 0 Å². The van der Waals surface area contributed by atoms with Crippen molar-refractivity contribution >= 4 is 34.9 Å². The van der Waals surface area contributed by atoms with Crippen LogP contribution in [0.5, 0.6) is 0 Å². The second-order valence-electron chi connectivity index (χ2n) is 4.68. The Hall–Kier alpha value is -2.53. The first-order chi connectivity index (χ1) is 10.5.